The number of rotatable bonds is 3. The third-order valence-corrected chi connectivity index (χ3v) is 3.57. The minimum absolute atomic E-state index is 0.189. The van der Waals surface area contributed by atoms with Gasteiger partial charge in [-0.15, -0.1) is 0 Å². The van der Waals surface area contributed by atoms with E-state index in [1.165, 1.54) is 0 Å². The number of carbonyl (C=O) groups is 2. The summed E-state index contributed by atoms with van der Waals surface area (Å²) in [6, 6.07) is 14.5. The summed E-state index contributed by atoms with van der Waals surface area (Å²) in [4.78, 5) is 23.8. The molecule has 1 atom stereocenters. The highest BCUT2D eigenvalue weighted by Gasteiger charge is 2.22. The molecule has 0 radical (unpaired) electrons. The SMILES string of the molecule is Cc1ccc(NC(=O)C(=O)NC[C@H]2COc3ccccc3O2)cc1. The first-order valence-electron chi connectivity index (χ1n) is 7.66. The van der Waals surface area contributed by atoms with E-state index in [9.17, 15) is 9.59 Å². The number of ether oxygens (including phenoxy) is 2. The third-order valence-electron chi connectivity index (χ3n) is 3.57. The first kappa shape index (κ1) is 15.9. The summed E-state index contributed by atoms with van der Waals surface area (Å²) in [5, 5.41) is 5.11. The number of fused-ring (bicyclic) bond motifs is 1. The van der Waals surface area contributed by atoms with Crippen molar-refractivity contribution in [2.45, 2.75) is 13.0 Å². The van der Waals surface area contributed by atoms with Crippen LogP contribution >= 0.6 is 0 Å². The zero-order valence-corrected chi connectivity index (χ0v) is 13.2. The highest BCUT2D eigenvalue weighted by molar-refractivity contribution is 6.39. The van der Waals surface area contributed by atoms with E-state index >= 15 is 0 Å². The molecule has 1 aliphatic heterocycles. The summed E-state index contributed by atoms with van der Waals surface area (Å²) in [6.07, 6.45) is -0.337. The second-order valence-corrected chi connectivity index (χ2v) is 5.53. The lowest BCUT2D eigenvalue weighted by molar-refractivity contribution is -0.136. The molecule has 6 heteroatoms. The molecule has 1 aliphatic rings. The molecular weight excluding hydrogens is 308 g/mol. The first-order chi connectivity index (χ1) is 11.6. The van der Waals surface area contributed by atoms with Gasteiger partial charge in [-0.3, -0.25) is 9.59 Å². The number of aryl methyl sites for hydroxylation is 1. The van der Waals surface area contributed by atoms with Gasteiger partial charge < -0.3 is 20.1 Å². The molecule has 6 nitrogen and oxygen atoms in total. The Kier molecular flexibility index (Phi) is 4.65. The van der Waals surface area contributed by atoms with E-state index in [4.69, 9.17) is 9.47 Å². The molecule has 3 rings (SSSR count). The molecule has 124 valence electrons. The van der Waals surface area contributed by atoms with Gasteiger partial charge in [-0.2, -0.15) is 0 Å². The molecule has 2 aromatic carbocycles. The van der Waals surface area contributed by atoms with Crippen LogP contribution in [0.1, 0.15) is 5.56 Å². The third kappa shape index (κ3) is 3.84. The van der Waals surface area contributed by atoms with Crippen LogP contribution in [0.25, 0.3) is 0 Å². The maximum atomic E-state index is 11.9. The zero-order chi connectivity index (χ0) is 16.9. The molecule has 2 amide bonds. The largest absolute Gasteiger partial charge is 0.486 e. The average molecular weight is 326 g/mol. The van der Waals surface area contributed by atoms with Crippen LogP contribution in [-0.2, 0) is 9.59 Å². The predicted molar refractivity (Wildman–Crippen MR) is 89.2 cm³/mol. The van der Waals surface area contributed by atoms with Crippen LogP contribution in [0, 0.1) is 6.92 Å². The van der Waals surface area contributed by atoms with Crippen LogP contribution in [0.3, 0.4) is 0 Å². The monoisotopic (exact) mass is 326 g/mol. The molecule has 2 N–H and O–H groups in total. The van der Waals surface area contributed by atoms with Crippen LogP contribution < -0.4 is 20.1 Å². The zero-order valence-electron chi connectivity index (χ0n) is 13.2. The molecule has 1 heterocycles. The Bertz CT molecular complexity index is 743. The normalized spacial score (nSPS) is 15.5. The van der Waals surface area contributed by atoms with Gasteiger partial charge in [0.1, 0.15) is 12.7 Å². The Morgan fingerprint density at radius 1 is 1.04 bits per heavy atom. The molecule has 0 aromatic heterocycles. The Hall–Kier alpha value is -3.02. The van der Waals surface area contributed by atoms with Crippen molar-refractivity contribution in [2.24, 2.45) is 0 Å². The number of anilines is 1. The number of hydrogen-bond acceptors (Lipinski definition) is 4. The number of amides is 2. The summed E-state index contributed by atoms with van der Waals surface area (Å²) in [7, 11) is 0. The molecule has 0 spiro atoms. The molecule has 0 saturated carbocycles. The van der Waals surface area contributed by atoms with Crippen molar-refractivity contribution in [3.05, 3.63) is 54.1 Å². The molecule has 0 fully saturated rings. The van der Waals surface area contributed by atoms with Gasteiger partial charge >= 0.3 is 11.8 Å². The van der Waals surface area contributed by atoms with Crippen LogP contribution in [0.4, 0.5) is 5.69 Å². The summed E-state index contributed by atoms with van der Waals surface area (Å²) in [6.45, 7) is 2.45. The Labute approximate surface area is 139 Å². The maximum absolute atomic E-state index is 11.9. The average Bonchev–Trinajstić information content (AvgIpc) is 2.61. The van der Waals surface area contributed by atoms with Crippen LogP contribution in [-0.4, -0.2) is 31.1 Å². The fourth-order valence-corrected chi connectivity index (χ4v) is 2.28. The standard InChI is InChI=1S/C18H18N2O4/c1-12-6-8-13(9-7-12)20-18(22)17(21)19-10-14-11-23-15-4-2-3-5-16(15)24-14/h2-9,14H,10-11H2,1H3,(H,19,21)(H,20,22)/t14-/m0/s1. The summed E-state index contributed by atoms with van der Waals surface area (Å²) in [5.74, 6) is -0.113. The Balaban J connectivity index is 1.49. The number of nitrogens with one attached hydrogen (secondary N) is 2. The predicted octanol–water partition coefficient (Wildman–Crippen LogP) is 1.89. The van der Waals surface area contributed by atoms with Gasteiger partial charge in [0.15, 0.2) is 11.5 Å². The van der Waals surface area contributed by atoms with Crippen molar-refractivity contribution in [2.75, 3.05) is 18.5 Å². The lowest BCUT2D eigenvalue weighted by atomic mass is 10.2. The molecular formula is C18H18N2O4. The maximum Gasteiger partial charge on any atom is 0.313 e. The van der Waals surface area contributed by atoms with E-state index in [0.717, 1.165) is 5.56 Å². The lowest BCUT2D eigenvalue weighted by Crippen LogP contribution is -2.44. The minimum Gasteiger partial charge on any atom is -0.486 e. The Morgan fingerprint density at radius 3 is 2.50 bits per heavy atom. The van der Waals surface area contributed by atoms with Crippen LogP contribution in [0.15, 0.2) is 48.5 Å². The number of benzene rings is 2. The van der Waals surface area contributed by atoms with Crippen LogP contribution in [0.2, 0.25) is 0 Å². The van der Waals surface area contributed by atoms with Gasteiger partial charge in [0.05, 0.1) is 6.54 Å². The summed E-state index contributed by atoms with van der Waals surface area (Å²) in [5.41, 5.74) is 1.65. The van der Waals surface area contributed by atoms with E-state index in [2.05, 4.69) is 10.6 Å². The van der Waals surface area contributed by atoms with Crippen molar-refractivity contribution in [1.82, 2.24) is 5.32 Å². The molecule has 0 unspecified atom stereocenters. The van der Waals surface area contributed by atoms with E-state index in [1.54, 1.807) is 18.2 Å². The fourth-order valence-electron chi connectivity index (χ4n) is 2.28. The van der Waals surface area contributed by atoms with Gasteiger partial charge in [0.25, 0.3) is 0 Å². The van der Waals surface area contributed by atoms with E-state index < -0.39 is 11.8 Å². The lowest BCUT2D eigenvalue weighted by Gasteiger charge is -2.26. The minimum atomic E-state index is -0.712. The topological polar surface area (TPSA) is 76.7 Å². The number of carbonyl (C=O) groups excluding carboxylic acids is 2. The molecule has 24 heavy (non-hydrogen) atoms. The molecule has 0 bridgehead atoms. The fraction of sp³-hybridized carbons (Fsp3) is 0.222. The van der Waals surface area contributed by atoms with Gasteiger partial charge in [0.2, 0.25) is 0 Å². The first-order valence-corrected chi connectivity index (χ1v) is 7.66. The Morgan fingerprint density at radius 2 is 1.75 bits per heavy atom. The van der Waals surface area contributed by atoms with Gasteiger partial charge in [-0.1, -0.05) is 29.8 Å². The van der Waals surface area contributed by atoms with E-state index in [0.29, 0.717) is 23.8 Å². The molecule has 0 saturated heterocycles. The van der Waals surface area contributed by atoms with Gasteiger partial charge in [-0.05, 0) is 31.2 Å². The van der Waals surface area contributed by atoms with Crippen molar-refractivity contribution in [3.8, 4) is 11.5 Å². The molecule has 2 aromatic rings. The summed E-state index contributed by atoms with van der Waals surface area (Å²) >= 11 is 0. The van der Waals surface area contributed by atoms with Crippen molar-refractivity contribution >= 4 is 17.5 Å². The second kappa shape index (κ2) is 7.04. The van der Waals surface area contributed by atoms with E-state index in [1.807, 2.05) is 37.3 Å². The number of hydrogen-bond donors (Lipinski definition) is 2. The highest BCUT2D eigenvalue weighted by atomic mass is 16.6. The number of para-hydroxylation sites is 2. The highest BCUT2D eigenvalue weighted by Crippen LogP contribution is 2.30. The quantitative estimate of drug-likeness (QED) is 0.845. The molecule has 0 aliphatic carbocycles. The van der Waals surface area contributed by atoms with Gasteiger partial charge in [0, 0.05) is 5.69 Å². The smallest absolute Gasteiger partial charge is 0.313 e. The summed E-state index contributed by atoms with van der Waals surface area (Å²) < 4.78 is 11.3. The van der Waals surface area contributed by atoms with Crippen LogP contribution in [0.5, 0.6) is 11.5 Å². The van der Waals surface area contributed by atoms with Crippen molar-refractivity contribution < 1.29 is 19.1 Å². The second-order valence-electron chi connectivity index (χ2n) is 5.53. The van der Waals surface area contributed by atoms with Crippen molar-refractivity contribution in [3.63, 3.8) is 0 Å². The van der Waals surface area contributed by atoms with Gasteiger partial charge in [-0.25, -0.2) is 0 Å². The van der Waals surface area contributed by atoms with Crippen molar-refractivity contribution in [1.29, 1.82) is 0 Å². The van der Waals surface area contributed by atoms with E-state index in [-0.39, 0.29) is 12.6 Å².